The molecule has 0 heterocycles. The highest BCUT2D eigenvalue weighted by atomic mass is 16.4. The zero-order valence-corrected chi connectivity index (χ0v) is 9.98. The van der Waals surface area contributed by atoms with Gasteiger partial charge < -0.3 is 21.5 Å². The highest BCUT2D eigenvalue weighted by Gasteiger charge is 2.05. The Balaban J connectivity index is 2.41. The van der Waals surface area contributed by atoms with Crippen LogP contribution in [-0.4, -0.2) is 30.2 Å². The first-order valence-corrected chi connectivity index (χ1v) is 5.62. The zero-order chi connectivity index (χ0) is 13.4. The Bertz CT molecular complexity index is 421. The van der Waals surface area contributed by atoms with Gasteiger partial charge in [0.25, 0.3) is 0 Å². The van der Waals surface area contributed by atoms with Crippen molar-refractivity contribution in [3.8, 4) is 0 Å². The van der Waals surface area contributed by atoms with Crippen molar-refractivity contribution in [3.05, 3.63) is 35.4 Å². The van der Waals surface area contributed by atoms with Crippen molar-refractivity contribution < 1.29 is 14.7 Å². The van der Waals surface area contributed by atoms with Crippen molar-refractivity contribution in [2.24, 2.45) is 5.73 Å². The van der Waals surface area contributed by atoms with E-state index in [4.69, 9.17) is 10.8 Å². The minimum Gasteiger partial charge on any atom is -0.481 e. The third-order valence-electron chi connectivity index (χ3n) is 2.38. The van der Waals surface area contributed by atoms with Gasteiger partial charge >= 0.3 is 12.0 Å². The molecular weight excluding hydrogens is 234 g/mol. The van der Waals surface area contributed by atoms with Gasteiger partial charge in [-0.1, -0.05) is 24.3 Å². The number of amides is 2. The van der Waals surface area contributed by atoms with E-state index in [9.17, 15) is 9.59 Å². The predicted molar refractivity (Wildman–Crippen MR) is 67.1 cm³/mol. The first-order valence-electron chi connectivity index (χ1n) is 5.62. The largest absolute Gasteiger partial charge is 0.481 e. The lowest BCUT2D eigenvalue weighted by molar-refractivity contribution is -0.136. The van der Waals surface area contributed by atoms with Crippen molar-refractivity contribution >= 4 is 12.0 Å². The van der Waals surface area contributed by atoms with Crippen molar-refractivity contribution in [2.75, 3.05) is 13.1 Å². The van der Waals surface area contributed by atoms with Crippen molar-refractivity contribution in [3.63, 3.8) is 0 Å². The second-order valence-electron chi connectivity index (χ2n) is 3.81. The number of carbonyl (C=O) groups is 2. The van der Waals surface area contributed by atoms with Crippen molar-refractivity contribution in [1.82, 2.24) is 10.6 Å². The van der Waals surface area contributed by atoms with Crippen LogP contribution in [0.1, 0.15) is 11.1 Å². The number of carboxylic acids is 1. The predicted octanol–water partition coefficient (Wildman–Crippen LogP) is 0.0716. The number of nitrogens with one attached hydrogen (secondary N) is 2. The summed E-state index contributed by atoms with van der Waals surface area (Å²) in [6.07, 6.45) is 0.0113. The molecule has 0 unspecified atom stereocenters. The average Bonchev–Trinajstić information content (AvgIpc) is 2.29. The number of primary amides is 1. The van der Waals surface area contributed by atoms with E-state index in [-0.39, 0.29) is 6.42 Å². The van der Waals surface area contributed by atoms with E-state index < -0.39 is 12.0 Å². The molecule has 0 spiro atoms. The molecular formula is C12H17N3O3. The van der Waals surface area contributed by atoms with Crippen molar-refractivity contribution in [1.29, 1.82) is 0 Å². The van der Waals surface area contributed by atoms with Gasteiger partial charge in [-0.05, 0) is 11.1 Å². The van der Waals surface area contributed by atoms with Crippen LogP contribution < -0.4 is 16.4 Å². The van der Waals surface area contributed by atoms with Gasteiger partial charge in [0.1, 0.15) is 0 Å². The van der Waals surface area contributed by atoms with E-state index in [0.717, 1.165) is 11.1 Å². The van der Waals surface area contributed by atoms with E-state index in [1.807, 2.05) is 18.2 Å². The minimum atomic E-state index is -0.849. The van der Waals surface area contributed by atoms with Crippen LogP contribution in [0.3, 0.4) is 0 Å². The molecule has 0 aliphatic carbocycles. The summed E-state index contributed by atoms with van der Waals surface area (Å²) in [6.45, 7) is 1.57. The topological polar surface area (TPSA) is 104 Å². The number of hydrogen-bond donors (Lipinski definition) is 4. The second kappa shape index (κ2) is 7.29. The van der Waals surface area contributed by atoms with Crippen LogP contribution >= 0.6 is 0 Å². The Morgan fingerprint density at radius 2 is 1.83 bits per heavy atom. The fraction of sp³-hybridized carbons (Fsp3) is 0.333. The monoisotopic (exact) mass is 251 g/mol. The molecule has 0 aromatic heterocycles. The molecule has 0 saturated heterocycles. The fourth-order valence-corrected chi connectivity index (χ4v) is 1.56. The molecule has 0 aliphatic rings. The first-order chi connectivity index (χ1) is 8.59. The summed E-state index contributed by atoms with van der Waals surface area (Å²) in [5.74, 6) is -0.849. The first kappa shape index (κ1) is 14.0. The molecule has 18 heavy (non-hydrogen) atoms. The molecule has 6 nitrogen and oxygen atoms in total. The molecule has 6 heteroatoms. The van der Waals surface area contributed by atoms with Gasteiger partial charge in [-0.25, -0.2) is 4.79 Å². The molecule has 0 bridgehead atoms. The summed E-state index contributed by atoms with van der Waals surface area (Å²) in [6, 6.07) is 6.81. The lowest BCUT2D eigenvalue weighted by atomic mass is 10.0. The number of carbonyl (C=O) groups excluding carboxylic acids is 1. The summed E-state index contributed by atoms with van der Waals surface area (Å²) in [5.41, 5.74) is 6.66. The molecule has 5 N–H and O–H groups in total. The van der Waals surface area contributed by atoms with Crippen LogP contribution in [0.25, 0.3) is 0 Å². The minimum absolute atomic E-state index is 0.0113. The maximum atomic E-state index is 10.7. The highest BCUT2D eigenvalue weighted by molar-refractivity contribution is 5.71. The Hall–Kier alpha value is -2.08. The van der Waals surface area contributed by atoms with Crippen LogP contribution in [0.5, 0.6) is 0 Å². The molecule has 1 aromatic carbocycles. The number of nitrogens with two attached hydrogens (primary N) is 1. The van der Waals surface area contributed by atoms with E-state index in [1.165, 1.54) is 0 Å². The SMILES string of the molecule is NC(=O)NCCNCc1ccccc1CC(=O)O. The van der Waals surface area contributed by atoms with E-state index in [1.54, 1.807) is 6.07 Å². The molecule has 0 atom stereocenters. The molecule has 0 aliphatic heterocycles. The molecule has 0 fully saturated rings. The summed E-state index contributed by atoms with van der Waals surface area (Å²) < 4.78 is 0. The number of carboxylic acid groups (broad SMARTS) is 1. The van der Waals surface area contributed by atoms with Crippen LogP contribution in [0.2, 0.25) is 0 Å². The van der Waals surface area contributed by atoms with Gasteiger partial charge in [0.2, 0.25) is 0 Å². The van der Waals surface area contributed by atoms with Gasteiger partial charge in [-0.15, -0.1) is 0 Å². The molecule has 1 aromatic rings. The van der Waals surface area contributed by atoms with Gasteiger partial charge in [0, 0.05) is 19.6 Å². The number of benzene rings is 1. The number of urea groups is 1. The molecule has 98 valence electrons. The normalized spacial score (nSPS) is 10.0. The Morgan fingerprint density at radius 1 is 1.17 bits per heavy atom. The van der Waals surface area contributed by atoms with Crippen LogP contribution in [-0.2, 0) is 17.8 Å². The third-order valence-corrected chi connectivity index (χ3v) is 2.38. The van der Waals surface area contributed by atoms with Crippen molar-refractivity contribution in [2.45, 2.75) is 13.0 Å². The standard InChI is InChI=1S/C12H17N3O3/c13-12(18)15-6-5-14-8-10-4-2-1-3-9(10)7-11(16)17/h1-4,14H,5-8H2,(H,16,17)(H3,13,15,18). The molecule has 2 amide bonds. The highest BCUT2D eigenvalue weighted by Crippen LogP contribution is 2.09. The van der Waals surface area contributed by atoms with Gasteiger partial charge in [0.05, 0.1) is 6.42 Å². The number of aliphatic carboxylic acids is 1. The third kappa shape index (κ3) is 5.31. The van der Waals surface area contributed by atoms with Gasteiger partial charge in [-0.3, -0.25) is 4.79 Å². The van der Waals surface area contributed by atoms with Crippen LogP contribution in [0.4, 0.5) is 4.79 Å². The summed E-state index contributed by atoms with van der Waals surface area (Å²) in [5, 5.41) is 14.3. The quantitative estimate of drug-likeness (QED) is 0.515. The lowest BCUT2D eigenvalue weighted by Gasteiger charge is -2.09. The average molecular weight is 251 g/mol. The van der Waals surface area contributed by atoms with Crippen LogP contribution in [0, 0.1) is 0 Å². The van der Waals surface area contributed by atoms with E-state index in [0.29, 0.717) is 19.6 Å². The lowest BCUT2D eigenvalue weighted by Crippen LogP contribution is -2.35. The summed E-state index contributed by atoms with van der Waals surface area (Å²) in [7, 11) is 0. The maximum Gasteiger partial charge on any atom is 0.312 e. The summed E-state index contributed by atoms with van der Waals surface area (Å²) in [4.78, 5) is 21.1. The Kier molecular flexibility index (Phi) is 5.66. The number of hydrogen-bond acceptors (Lipinski definition) is 3. The summed E-state index contributed by atoms with van der Waals surface area (Å²) >= 11 is 0. The molecule has 0 saturated carbocycles. The molecule has 1 rings (SSSR count). The molecule has 0 radical (unpaired) electrons. The smallest absolute Gasteiger partial charge is 0.312 e. The Morgan fingerprint density at radius 3 is 2.44 bits per heavy atom. The van der Waals surface area contributed by atoms with Gasteiger partial charge in [0.15, 0.2) is 0 Å². The fourth-order valence-electron chi connectivity index (χ4n) is 1.56. The zero-order valence-electron chi connectivity index (χ0n) is 9.98. The van der Waals surface area contributed by atoms with Gasteiger partial charge in [-0.2, -0.15) is 0 Å². The van der Waals surface area contributed by atoms with Crippen LogP contribution in [0.15, 0.2) is 24.3 Å². The number of rotatable bonds is 7. The van der Waals surface area contributed by atoms with E-state index in [2.05, 4.69) is 10.6 Å². The van der Waals surface area contributed by atoms with E-state index >= 15 is 0 Å². The maximum absolute atomic E-state index is 10.7. The second-order valence-corrected chi connectivity index (χ2v) is 3.81. The Labute approximate surface area is 105 Å².